The molecular formula is C13H14Br2N2O3. The number of hydrogen-bond donors (Lipinski definition) is 3. The number of amides is 1. The summed E-state index contributed by atoms with van der Waals surface area (Å²) in [6, 6.07) is 3.18. The van der Waals surface area contributed by atoms with Crippen LogP contribution in [0.5, 0.6) is 0 Å². The third-order valence-electron chi connectivity index (χ3n) is 3.20. The normalized spacial score (nSPS) is 18.6. The number of carboxylic acid groups (broad SMARTS) is 1. The van der Waals surface area contributed by atoms with Gasteiger partial charge < -0.3 is 15.7 Å². The summed E-state index contributed by atoms with van der Waals surface area (Å²) in [7, 11) is 0. The molecule has 1 saturated heterocycles. The summed E-state index contributed by atoms with van der Waals surface area (Å²) >= 11 is 6.54. The maximum absolute atomic E-state index is 12.2. The lowest BCUT2D eigenvalue weighted by atomic mass is 9.98. The van der Waals surface area contributed by atoms with Gasteiger partial charge in [-0.15, -0.1) is 0 Å². The Kier molecular flexibility index (Phi) is 5.17. The van der Waals surface area contributed by atoms with Crippen LogP contribution in [0.4, 0.5) is 5.69 Å². The average Bonchev–Trinajstić information content (AvgIpc) is 2.42. The Morgan fingerprint density at radius 3 is 2.70 bits per heavy atom. The summed E-state index contributed by atoms with van der Waals surface area (Å²) in [5, 5.41) is 15.1. The van der Waals surface area contributed by atoms with Gasteiger partial charge in [0, 0.05) is 15.5 Å². The van der Waals surface area contributed by atoms with Crippen LogP contribution in [-0.2, 0) is 4.79 Å². The molecule has 1 heterocycles. The number of carboxylic acids is 1. The largest absolute Gasteiger partial charge is 0.478 e. The molecule has 1 amide bonds. The van der Waals surface area contributed by atoms with Crippen molar-refractivity contribution in [2.24, 2.45) is 5.92 Å². The molecule has 0 aliphatic carbocycles. The van der Waals surface area contributed by atoms with E-state index in [1.54, 1.807) is 6.07 Å². The van der Waals surface area contributed by atoms with Crippen molar-refractivity contribution >= 4 is 49.4 Å². The van der Waals surface area contributed by atoms with E-state index in [0.29, 0.717) is 21.2 Å². The van der Waals surface area contributed by atoms with E-state index in [2.05, 4.69) is 42.5 Å². The Morgan fingerprint density at radius 2 is 2.10 bits per heavy atom. The average molecular weight is 406 g/mol. The van der Waals surface area contributed by atoms with E-state index in [1.807, 2.05) is 0 Å². The second-order valence-corrected chi connectivity index (χ2v) is 6.42. The predicted octanol–water partition coefficient (Wildman–Crippen LogP) is 2.85. The molecule has 1 aliphatic rings. The molecule has 0 aromatic heterocycles. The molecule has 0 radical (unpaired) electrons. The second-order valence-electron chi connectivity index (χ2n) is 4.65. The lowest BCUT2D eigenvalue weighted by molar-refractivity contribution is -0.120. The molecule has 0 saturated carbocycles. The van der Waals surface area contributed by atoms with Crippen molar-refractivity contribution in [1.29, 1.82) is 0 Å². The maximum Gasteiger partial charge on any atom is 0.337 e. The van der Waals surface area contributed by atoms with Crippen molar-refractivity contribution in [3.63, 3.8) is 0 Å². The first-order valence-corrected chi connectivity index (χ1v) is 7.81. The lowest BCUT2D eigenvalue weighted by Crippen LogP contribution is -2.37. The van der Waals surface area contributed by atoms with E-state index < -0.39 is 5.97 Å². The highest BCUT2D eigenvalue weighted by molar-refractivity contribution is 9.11. The summed E-state index contributed by atoms with van der Waals surface area (Å²) < 4.78 is 1.18. The maximum atomic E-state index is 12.2. The first kappa shape index (κ1) is 15.5. The minimum atomic E-state index is -1.08. The number of hydrogen-bond acceptors (Lipinski definition) is 3. The molecule has 1 aliphatic heterocycles. The van der Waals surface area contributed by atoms with Gasteiger partial charge in [-0.25, -0.2) is 4.79 Å². The molecule has 2 rings (SSSR count). The standard InChI is InChI=1S/C13H14Br2N2O3/c14-8-4-9(13(19)20)11(10(15)5-8)17-12(18)7-2-1-3-16-6-7/h4-5,7,16H,1-3,6H2,(H,17,18)(H,19,20)/t7-/m1/s1. The third-order valence-corrected chi connectivity index (χ3v) is 4.28. The molecule has 7 heteroatoms. The van der Waals surface area contributed by atoms with Crippen LogP contribution < -0.4 is 10.6 Å². The Morgan fingerprint density at radius 1 is 1.35 bits per heavy atom. The number of nitrogens with one attached hydrogen (secondary N) is 2. The molecule has 1 fully saturated rings. The van der Waals surface area contributed by atoms with Crippen LogP contribution >= 0.6 is 31.9 Å². The van der Waals surface area contributed by atoms with Crippen LogP contribution in [0.25, 0.3) is 0 Å². The van der Waals surface area contributed by atoms with Crippen molar-refractivity contribution in [2.45, 2.75) is 12.8 Å². The number of carbonyl (C=O) groups is 2. The van der Waals surface area contributed by atoms with Gasteiger partial charge in [-0.2, -0.15) is 0 Å². The van der Waals surface area contributed by atoms with Gasteiger partial charge in [-0.1, -0.05) is 15.9 Å². The van der Waals surface area contributed by atoms with E-state index in [4.69, 9.17) is 0 Å². The second kappa shape index (κ2) is 6.69. The first-order chi connectivity index (χ1) is 9.49. The van der Waals surface area contributed by atoms with Crippen LogP contribution in [0.1, 0.15) is 23.2 Å². The molecule has 1 atom stereocenters. The summed E-state index contributed by atoms with van der Waals surface area (Å²) in [5.41, 5.74) is 0.361. The van der Waals surface area contributed by atoms with Crippen LogP contribution in [0, 0.1) is 5.92 Å². The van der Waals surface area contributed by atoms with Crippen LogP contribution in [0.2, 0.25) is 0 Å². The fourth-order valence-electron chi connectivity index (χ4n) is 2.17. The summed E-state index contributed by atoms with van der Waals surface area (Å²) in [4.78, 5) is 23.5. The fraction of sp³-hybridized carbons (Fsp3) is 0.385. The zero-order valence-electron chi connectivity index (χ0n) is 10.6. The fourth-order valence-corrected chi connectivity index (χ4v) is 3.49. The smallest absolute Gasteiger partial charge is 0.337 e. The Bertz CT molecular complexity index is 543. The molecular weight excluding hydrogens is 392 g/mol. The highest BCUT2D eigenvalue weighted by Gasteiger charge is 2.24. The highest BCUT2D eigenvalue weighted by atomic mass is 79.9. The molecule has 108 valence electrons. The minimum absolute atomic E-state index is 0.0587. The number of rotatable bonds is 3. The van der Waals surface area contributed by atoms with Gasteiger partial charge in [-0.3, -0.25) is 4.79 Å². The van der Waals surface area contributed by atoms with Crippen LogP contribution in [0.15, 0.2) is 21.1 Å². The molecule has 1 aromatic rings. The highest BCUT2D eigenvalue weighted by Crippen LogP contribution is 2.31. The number of halogens is 2. The molecule has 5 nitrogen and oxygen atoms in total. The molecule has 1 aromatic carbocycles. The van der Waals surface area contributed by atoms with Crippen LogP contribution in [-0.4, -0.2) is 30.1 Å². The van der Waals surface area contributed by atoms with Crippen molar-refractivity contribution in [1.82, 2.24) is 5.32 Å². The number of anilines is 1. The van der Waals surface area contributed by atoms with Gasteiger partial charge >= 0.3 is 5.97 Å². The minimum Gasteiger partial charge on any atom is -0.478 e. The van der Waals surface area contributed by atoms with Crippen molar-refractivity contribution < 1.29 is 14.7 Å². The molecule has 0 unspecified atom stereocenters. The Balaban J connectivity index is 2.23. The van der Waals surface area contributed by atoms with E-state index in [1.165, 1.54) is 6.07 Å². The molecule has 0 bridgehead atoms. The monoisotopic (exact) mass is 404 g/mol. The van der Waals surface area contributed by atoms with E-state index in [9.17, 15) is 14.7 Å². The number of aromatic carboxylic acids is 1. The Labute approximate surface area is 133 Å². The van der Waals surface area contributed by atoms with Gasteiger partial charge in [0.05, 0.1) is 17.2 Å². The molecule has 0 spiro atoms. The van der Waals surface area contributed by atoms with E-state index >= 15 is 0 Å². The Hall–Kier alpha value is -0.920. The molecule has 3 N–H and O–H groups in total. The quantitative estimate of drug-likeness (QED) is 0.722. The number of benzene rings is 1. The van der Waals surface area contributed by atoms with E-state index in [0.717, 1.165) is 19.4 Å². The summed E-state index contributed by atoms with van der Waals surface area (Å²) in [6.07, 6.45) is 1.76. The summed E-state index contributed by atoms with van der Waals surface area (Å²) in [5.74, 6) is -1.35. The van der Waals surface area contributed by atoms with Gasteiger partial charge in [0.25, 0.3) is 0 Å². The molecule has 20 heavy (non-hydrogen) atoms. The topological polar surface area (TPSA) is 78.4 Å². The van der Waals surface area contributed by atoms with Crippen LogP contribution in [0.3, 0.4) is 0 Å². The van der Waals surface area contributed by atoms with Gasteiger partial charge in [-0.05, 0) is 47.4 Å². The third kappa shape index (κ3) is 3.59. The number of piperidine rings is 1. The van der Waals surface area contributed by atoms with Gasteiger partial charge in [0.1, 0.15) is 0 Å². The lowest BCUT2D eigenvalue weighted by Gasteiger charge is -2.22. The van der Waals surface area contributed by atoms with Crippen molar-refractivity contribution in [3.05, 3.63) is 26.6 Å². The SMILES string of the molecule is O=C(O)c1cc(Br)cc(Br)c1NC(=O)[C@@H]1CCCNC1. The van der Waals surface area contributed by atoms with Gasteiger partial charge in [0.15, 0.2) is 0 Å². The zero-order chi connectivity index (χ0) is 14.7. The first-order valence-electron chi connectivity index (χ1n) is 6.23. The summed E-state index contributed by atoms with van der Waals surface area (Å²) in [6.45, 7) is 1.55. The zero-order valence-corrected chi connectivity index (χ0v) is 13.8. The predicted molar refractivity (Wildman–Crippen MR) is 83.0 cm³/mol. The number of carbonyl (C=O) groups excluding carboxylic acids is 1. The van der Waals surface area contributed by atoms with E-state index in [-0.39, 0.29) is 17.4 Å². The van der Waals surface area contributed by atoms with Gasteiger partial charge in [0.2, 0.25) is 5.91 Å². The van der Waals surface area contributed by atoms with Crippen molar-refractivity contribution in [3.8, 4) is 0 Å². The van der Waals surface area contributed by atoms with Crippen molar-refractivity contribution in [2.75, 3.05) is 18.4 Å².